The number of hydrogen-bond donors (Lipinski definition) is 0. The van der Waals surface area contributed by atoms with Crippen LogP contribution >= 0.6 is 0 Å². The van der Waals surface area contributed by atoms with E-state index in [-0.39, 0.29) is 30.4 Å². The molecule has 4 rings (SSSR count). The number of carbonyl (C=O) groups is 1. The number of nitrogens with zero attached hydrogens (tertiary/aromatic N) is 2. The standard InChI is InChI=1S/C29H34N2O5S/c1-30(21-24-11-5-3-6-12-24)28(32)20-29(23-36-25-13-7-4-8-14-25)17-10-18-31(22-29)37(33,34)27-16-9-15-26(19-27)35-2/h3-9,11-16,19H,10,17-18,20-23H2,1-2H3/t29-/m1/s1. The summed E-state index contributed by atoms with van der Waals surface area (Å²) in [6, 6.07) is 25.7. The van der Waals surface area contributed by atoms with E-state index in [0.717, 1.165) is 5.56 Å². The van der Waals surface area contributed by atoms with Crippen molar-refractivity contribution in [3.05, 3.63) is 90.5 Å². The molecule has 1 heterocycles. The molecule has 0 N–H and O–H groups in total. The van der Waals surface area contributed by atoms with E-state index in [1.807, 2.05) is 60.7 Å². The number of rotatable bonds is 10. The van der Waals surface area contributed by atoms with Crippen LogP contribution in [0.25, 0.3) is 0 Å². The first-order valence-corrected chi connectivity index (χ1v) is 13.9. The van der Waals surface area contributed by atoms with Gasteiger partial charge in [0.15, 0.2) is 0 Å². The summed E-state index contributed by atoms with van der Waals surface area (Å²) in [7, 11) is -0.484. The molecule has 1 amide bonds. The molecule has 0 aliphatic carbocycles. The zero-order chi connectivity index (χ0) is 26.3. The van der Waals surface area contributed by atoms with Crippen LogP contribution < -0.4 is 9.47 Å². The van der Waals surface area contributed by atoms with Crippen LogP contribution in [-0.2, 0) is 21.4 Å². The molecular formula is C29H34N2O5S. The maximum absolute atomic E-state index is 13.6. The second-order valence-corrected chi connectivity index (χ2v) is 11.6. The van der Waals surface area contributed by atoms with E-state index in [1.165, 1.54) is 17.5 Å². The molecule has 0 saturated carbocycles. The van der Waals surface area contributed by atoms with Gasteiger partial charge in [-0.2, -0.15) is 4.31 Å². The van der Waals surface area contributed by atoms with E-state index in [4.69, 9.17) is 9.47 Å². The summed E-state index contributed by atoms with van der Waals surface area (Å²) in [4.78, 5) is 15.3. The molecule has 3 aromatic rings. The number of sulfonamides is 1. The van der Waals surface area contributed by atoms with Gasteiger partial charge in [0.25, 0.3) is 0 Å². The second-order valence-electron chi connectivity index (χ2n) is 9.64. The first-order chi connectivity index (χ1) is 17.8. The van der Waals surface area contributed by atoms with Gasteiger partial charge < -0.3 is 14.4 Å². The van der Waals surface area contributed by atoms with Gasteiger partial charge in [0, 0.05) is 44.6 Å². The average molecular weight is 523 g/mol. The number of piperidine rings is 1. The predicted molar refractivity (Wildman–Crippen MR) is 143 cm³/mol. The molecule has 0 spiro atoms. The normalized spacial score (nSPS) is 18.2. The minimum Gasteiger partial charge on any atom is -0.497 e. The van der Waals surface area contributed by atoms with E-state index in [0.29, 0.717) is 37.4 Å². The van der Waals surface area contributed by atoms with Crippen molar-refractivity contribution in [3.63, 3.8) is 0 Å². The Hall–Kier alpha value is -3.36. The number of amides is 1. The Morgan fingerprint density at radius 3 is 2.35 bits per heavy atom. The van der Waals surface area contributed by atoms with Gasteiger partial charge in [-0.05, 0) is 42.7 Å². The van der Waals surface area contributed by atoms with Crippen LogP contribution in [0.5, 0.6) is 11.5 Å². The molecule has 0 unspecified atom stereocenters. The minimum absolute atomic E-state index is 0.0406. The number of ether oxygens (including phenoxy) is 2. The van der Waals surface area contributed by atoms with Crippen molar-refractivity contribution in [3.8, 4) is 11.5 Å². The predicted octanol–water partition coefficient (Wildman–Crippen LogP) is 4.59. The number of benzene rings is 3. The Bertz CT molecular complexity index is 1280. The van der Waals surface area contributed by atoms with Crippen molar-refractivity contribution >= 4 is 15.9 Å². The lowest BCUT2D eigenvalue weighted by atomic mass is 9.78. The molecule has 7 nitrogen and oxygen atoms in total. The van der Waals surface area contributed by atoms with Crippen LogP contribution in [0.1, 0.15) is 24.8 Å². The van der Waals surface area contributed by atoms with E-state index in [1.54, 1.807) is 30.1 Å². The first kappa shape index (κ1) is 26.7. The highest BCUT2D eigenvalue weighted by Crippen LogP contribution is 2.37. The Labute approximate surface area is 219 Å². The quantitative estimate of drug-likeness (QED) is 0.389. The fraction of sp³-hybridized carbons (Fsp3) is 0.345. The van der Waals surface area contributed by atoms with E-state index >= 15 is 0 Å². The highest BCUT2D eigenvalue weighted by Gasteiger charge is 2.43. The molecule has 1 fully saturated rings. The lowest BCUT2D eigenvalue weighted by molar-refractivity contribution is -0.134. The fourth-order valence-corrected chi connectivity index (χ4v) is 6.37. The third kappa shape index (κ3) is 6.70. The highest BCUT2D eigenvalue weighted by molar-refractivity contribution is 7.89. The molecular weight excluding hydrogens is 488 g/mol. The van der Waals surface area contributed by atoms with Crippen LogP contribution in [0.4, 0.5) is 0 Å². The molecule has 1 saturated heterocycles. The van der Waals surface area contributed by atoms with E-state index in [9.17, 15) is 13.2 Å². The van der Waals surface area contributed by atoms with Crippen molar-refractivity contribution in [1.29, 1.82) is 0 Å². The molecule has 0 bridgehead atoms. The summed E-state index contributed by atoms with van der Waals surface area (Å²) in [5, 5.41) is 0. The monoisotopic (exact) mass is 522 g/mol. The summed E-state index contributed by atoms with van der Waals surface area (Å²) in [6.07, 6.45) is 1.51. The van der Waals surface area contributed by atoms with Crippen molar-refractivity contribution in [2.24, 2.45) is 5.41 Å². The lowest BCUT2D eigenvalue weighted by Gasteiger charge is -2.42. The Balaban J connectivity index is 1.57. The largest absolute Gasteiger partial charge is 0.497 e. The second kappa shape index (κ2) is 11.8. The fourth-order valence-electron chi connectivity index (χ4n) is 4.75. The van der Waals surface area contributed by atoms with Crippen LogP contribution in [0.2, 0.25) is 0 Å². The van der Waals surface area contributed by atoms with Gasteiger partial charge in [-0.1, -0.05) is 54.6 Å². The molecule has 196 valence electrons. The zero-order valence-corrected chi connectivity index (χ0v) is 22.2. The molecule has 0 radical (unpaired) electrons. The van der Waals surface area contributed by atoms with Crippen LogP contribution in [0.3, 0.4) is 0 Å². The maximum Gasteiger partial charge on any atom is 0.243 e. The van der Waals surface area contributed by atoms with Crippen LogP contribution in [-0.4, -0.2) is 57.4 Å². The van der Waals surface area contributed by atoms with Crippen molar-refractivity contribution in [2.75, 3.05) is 33.9 Å². The molecule has 37 heavy (non-hydrogen) atoms. The van der Waals surface area contributed by atoms with Crippen molar-refractivity contribution in [1.82, 2.24) is 9.21 Å². The summed E-state index contributed by atoms with van der Waals surface area (Å²) in [5.74, 6) is 1.13. The maximum atomic E-state index is 13.6. The van der Waals surface area contributed by atoms with Gasteiger partial charge in [-0.25, -0.2) is 8.42 Å². The summed E-state index contributed by atoms with van der Waals surface area (Å²) < 4.78 is 40.1. The summed E-state index contributed by atoms with van der Waals surface area (Å²) in [6.45, 7) is 1.32. The van der Waals surface area contributed by atoms with Gasteiger partial charge in [0.1, 0.15) is 11.5 Å². The Morgan fingerprint density at radius 2 is 1.65 bits per heavy atom. The molecule has 1 aliphatic heterocycles. The van der Waals surface area contributed by atoms with Gasteiger partial charge >= 0.3 is 0 Å². The van der Waals surface area contributed by atoms with Crippen molar-refractivity contribution < 1.29 is 22.7 Å². The third-order valence-electron chi connectivity index (χ3n) is 6.81. The Kier molecular flexibility index (Phi) is 8.51. The number of hydrogen-bond acceptors (Lipinski definition) is 5. The number of carbonyl (C=O) groups excluding carboxylic acids is 1. The smallest absolute Gasteiger partial charge is 0.243 e. The minimum atomic E-state index is -3.78. The SMILES string of the molecule is COc1cccc(S(=O)(=O)N2CCC[C@@](COc3ccccc3)(CC(=O)N(C)Cc3ccccc3)C2)c1. The van der Waals surface area contributed by atoms with Gasteiger partial charge in [-0.15, -0.1) is 0 Å². The average Bonchev–Trinajstić information content (AvgIpc) is 2.93. The van der Waals surface area contributed by atoms with Gasteiger partial charge in [0.05, 0.1) is 18.6 Å². The molecule has 1 atom stereocenters. The third-order valence-corrected chi connectivity index (χ3v) is 8.65. The zero-order valence-electron chi connectivity index (χ0n) is 21.4. The van der Waals surface area contributed by atoms with Crippen LogP contribution in [0, 0.1) is 5.41 Å². The molecule has 3 aromatic carbocycles. The first-order valence-electron chi connectivity index (χ1n) is 12.4. The van der Waals surface area contributed by atoms with Crippen LogP contribution in [0.15, 0.2) is 89.8 Å². The molecule has 1 aliphatic rings. The molecule has 0 aromatic heterocycles. The van der Waals surface area contributed by atoms with Gasteiger partial charge in [0.2, 0.25) is 15.9 Å². The number of para-hydroxylation sites is 1. The topological polar surface area (TPSA) is 76.1 Å². The van der Waals surface area contributed by atoms with E-state index in [2.05, 4.69) is 0 Å². The highest BCUT2D eigenvalue weighted by atomic mass is 32.2. The number of methoxy groups -OCH3 is 1. The Morgan fingerprint density at radius 1 is 0.973 bits per heavy atom. The van der Waals surface area contributed by atoms with Crippen molar-refractivity contribution in [2.45, 2.75) is 30.7 Å². The summed E-state index contributed by atoms with van der Waals surface area (Å²) >= 11 is 0. The van der Waals surface area contributed by atoms with E-state index < -0.39 is 15.4 Å². The lowest BCUT2D eigenvalue weighted by Crippen LogP contribution is -2.50. The summed E-state index contributed by atoms with van der Waals surface area (Å²) in [5.41, 5.74) is 0.376. The molecule has 8 heteroatoms. The van der Waals surface area contributed by atoms with Gasteiger partial charge in [-0.3, -0.25) is 4.79 Å².